The predicted octanol–water partition coefficient (Wildman–Crippen LogP) is 3.18. The Labute approximate surface area is 568 Å². The second-order valence-corrected chi connectivity index (χ2v) is 25.0. The molecular formula is C70H105N7O20. The Balaban J connectivity index is 0.883. The fraction of sp³-hybridized carbons (Fsp3) is 0.643. The zero-order valence-electron chi connectivity index (χ0n) is 56.7. The van der Waals surface area contributed by atoms with Crippen molar-refractivity contribution in [2.75, 3.05) is 73.4 Å². The molecule has 3 heterocycles. The topological polar surface area (TPSA) is 387 Å². The van der Waals surface area contributed by atoms with Gasteiger partial charge in [0.2, 0.25) is 29.5 Å². The number of likely N-dealkylation sites (tertiary alicyclic amines) is 1. The minimum Gasteiger partial charge on any atom is -0.497 e. The van der Waals surface area contributed by atoms with E-state index in [9.17, 15) is 54.0 Å². The lowest BCUT2D eigenvalue weighted by molar-refractivity contribution is -0.267. The fourth-order valence-corrected chi connectivity index (χ4v) is 12.0. The number of hydrogen-bond acceptors (Lipinski definition) is 22. The lowest BCUT2D eigenvalue weighted by Gasteiger charge is -2.40. The van der Waals surface area contributed by atoms with Crippen molar-refractivity contribution in [2.45, 2.75) is 215 Å². The van der Waals surface area contributed by atoms with E-state index in [1.807, 2.05) is 78.9 Å². The molecule has 6 rings (SSSR count). The highest BCUT2D eigenvalue weighted by Crippen LogP contribution is 2.42. The second-order valence-electron chi connectivity index (χ2n) is 25.0. The van der Waals surface area contributed by atoms with Gasteiger partial charge in [0.1, 0.15) is 54.7 Å². The zero-order chi connectivity index (χ0) is 70.1. The van der Waals surface area contributed by atoms with Gasteiger partial charge in [0.15, 0.2) is 12.6 Å². The molecule has 0 radical (unpaired) electrons. The molecule has 5 amide bonds. The molecule has 0 aromatic heterocycles. The van der Waals surface area contributed by atoms with E-state index in [1.165, 1.54) is 13.8 Å². The van der Waals surface area contributed by atoms with Gasteiger partial charge in [-0.3, -0.25) is 33.6 Å². The van der Waals surface area contributed by atoms with E-state index in [1.54, 1.807) is 19.1 Å². The molecule has 12 atom stereocenters. The van der Waals surface area contributed by atoms with Crippen LogP contribution in [0.3, 0.4) is 0 Å². The normalized spacial score (nSPS) is 22.8. The van der Waals surface area contributed by atoms with Crippen LogP contribution >= 0.6 is 0 Å². The number of ether oxygens (including phenoxy) is 9. The summed E-state index contributed by atoms with van der Waals surface area (Å²) in [5.74, 6) is -0.736. The summed E-state index contributed by atoms with van der Waals surface area (Å²) in [7, 11) is 3.23. The third kappa shape index (κ3) is 26.1. The van der Waals surface area contributed by atoms with Crippen LogP contribution in [0.5, 0.6) is 11.5 Å². The van der Waals surface area contributed by atoms with Gasteiger partial charge in [-0.25, -0.2) is 0 Å². The first kappa shape index (κ1) is 79.1. The summed E-state index contributed by atoms with van der Waals surface area (Å²) in [5.41, 5.74) is 13.6. The average molecular weight is 1360 g/mol. The zero-order valence-corrected chi connectivity index (χ0v) is 56.7. The molecular weight excluding hydrogens is 1260 g/mol. The monoisotopic (exact) mass is 1360 g/mol. The number of β-amino-alcohol motifs (C(OH)–C–C–N with tert-alkyl or cyclic N) is 1. The highest BCUT2D eigenvalue weighted by Gasteiger charge is 2.45. The molecule has 540 valence electrons. The Hall–Kier alpha value is -6.89. The molecule has 8 unspecified atom stereocenters. The van der Waals surface area contributed by atoms with Crippen LogP contribution in [0, 0.1) is 0 Å². The molecule has 3 aromatic carbocycles. The quantitative estimate of drug-likeness (QED) is 0.0221. The number of nitrogens with one attached hydrogen (secondary N) is 4. The third-order valence-electron chi connectivity index (χ3n) is 17.5. The second kappa shape index (κ2) is 42.2. The van der Waals surface area contributed by atoms with Crippen molar-refractivity contribution < 1.29 is 96.6 Å². The lowest BCUT2D eigenvalue weighted by atomic mass is 9.80. The molecule has 0 bridgehead atoms. The van der Waals surface area contributed by atoms with Crippen molar-refractivity contribution in [1.82, 2.24) is 26.2 Å². The number of carbonyl (C=O) groups excluding carboxylic acids is 7. The van der Waals surface area contributed by atoms with E-state index in [0.717, 1.165) is 16.7 Å². The van der Waals surface area contributed by atoms with Crippen molar-refractivity contribution in [2.24, 2.45) is 11.5 Å². The molecule has 3 aliphatic rings. The molecule has 97 heavy (non-hydrogen) atoms. The Morgan fingerprint density at radius 3 is 1.66 bits per heavy atom. The lowest BCUT2D eigenvalue weighted by Crippen LogP contribution is -2.62. The summed E-state index contributed by atoms with van der Waals surface area (Å²) < 4.78 is 51.0. The van der Waals surface area contributed by atoms with Gasteiger partial charge < -0.3 is 101 Å². The van der Waals surface area contributed by atoms with Gasteiger partial charge in [0, 0.05) is 85.3 Å². The highest BCUT2D eigenvalue weighted by atomic mass is 16.7. The first-order valence-corrected chi connectivity index (χ1v) is 34.2. The highest BCUT2D eigenvalue weighted by molar-refractivity contribution is 5.87. The summed E-state index contributed by atoms with van der Waals surface area (Å²) in [4.78, 5) is 90.5. The fourth-order valence-electron chi connectivity index (χ4n) is 12.0. The van der Waals surface area contributed by atoms with Gasteiger partial charge in [-0.2, -0.15) is 0 Å². The SMILES string of the molecule is COc1ccc(C(OC[C@@H]2C[C@@H](O)CN2C(=O)CCCCCNC(=O)CCCCCNC(=O)[C@H](CCCCNC(=O)CCCCOC2OC(COC(C)=O)CC(O)[C@@H]2N)NC(=O)CCCCOC2OC(COC(C)=O)C(O)C(O)C2N)(c2ccccc2)c2ccc(OC)cc2)cc1. The standard InChI is InChI=1S/C70H105N7O20/c1-46(78)93-44-55-41-57(81)63(71)68(96-55)91-38-18-13-24-60(83)74-36-17-12-22-56(76-61(84)25-14-19-39-92-69-64(72)66(87)65(86)58(97-69)45-94-47(2)79)67(88)75-37-16-6-10-23-59(82)73-35-15-7-11-26-62(85)77-42-52(80)40-51(77)43-95-70(48-20-8-5-9-21-48,49-27-31-53(89-3)32-28-49)50-29-33-54(90-4)34-30-50/h5,8-9,20-21,27-34,51-52,55-58,63-66,68-69,80-81,86-87H,6-7,10-19,22-26,35-45,71-72H2,1-4H3,(H,73,82)(H,74,83)(H,75,88)(H,76,84)/t51-,52+,55?,56-,57?,58?,63-,64?,65?,66?,68?,69?/m0/s1. The minimum atomic E-state index is -1.40. The number of nitrogens with zero attached hydrogens (tertiary/aromatic N) is 1. The van der Waals surface area contributed by atoms with Gasteiger partial charge in [-0.15, -0.1) is 0 Å². The molecule has 0 saturated carbocycles. The van der Waals surface area contributed by atoms with Crippen LogP contribution in [0.4, 0.5) is 0 Å². The number of unbranched alkanes of at least 4 members (excludes halogenated alkanes) is 7. The van der Waals surface area contributed by atoms with Crippen molar-refractivity contribution in [1.29, 1.82) is 0 Å². The maximum absolute atomic E-state index is 13.8. The minimum absolute atomic E-state index is 0.0308. The predicted molar refractivity (Wildman–Crippen MR) is 355 cm³/mol. The van der Waals surface area contributed by atoms with Crippen molar-refractivity contribution in [3.63, 3.8) is 0 Å². The number of benzene rings is 3. The number of carbonyl (C=O) groups is 7. The molecule has 0 aliphatic carbocycles. The number of aliphatic hydroxyl groups excluding tert-OH is 4. The van der Waals surface area contributed by atoms with Crippen molar-refractivity contribution >= 4 is 41.5 Å². The molecule has 27 nitrogen and oxygen atoms in total. The van der Waals surface area contributed by atoms with Gasteiger partial charge in [0.25, 0.3) is 0 Å². The maximum Gasteiger partial charge on any atom is 0.302 e. The first-order chi connectivity index (χ1) is 46.7. The van der Waals surface area contributed by atoms with Crippen LogP contribution in [-0.2, 0) is 72.3 Å². The molecule has 0 spiro atoms. The Morgan fingerprint density at radius 1 is 0.567 bits per heavy atom. The number of rotatable bonds is 43. The van der Waals surface area contributed by atoms with E-state index in [4.69, 9.17) is 54.1 Å². The number of methoxy groups -OCH3 is 2. The van der Waals surface area contributed by atoms with Crippen LogP contribution < -0.4 is 42.2 Å². The molecule has 27 heteroatoms. The van der Waals surface area contributed by atoms with Crippen LogP contribution in [-0.4, -0.2) is 214 Å². The molecule has 3 fully saturated rings. The molecule has 3 aliphatic heterocycles. The van der Waals surface area contributed by atoms with Gasteiger partial charge in [0.05, 0.1) is 57.3 Å². The van der Waals surface area contributed by atoms with Crippen molar-refractivity contribution in [3.05, 3.63) is 95.6 Å². The summed E-state index contributed by atoms with van der Waals surface area (Å²) >= 11 is 0. The molecule has 3 aromatic rings. The van der Waals surface area contributed by atoms with Crippen LogP contribution in [0.2, 0.25) is 0 Å². The summed E-state index contributed by atoms with van der Waals surface area (Å²) in [5, 5.41) is 53.7. The Morgan fingerprint density at radius 2 is 1.08 bits per heavy atom. The van der Waals surface area contributed by atoms with Crippen molar-refractivity contribution in [3.8, 4) is 11.5 Å². The third-order valence-corrected chi connectivity index (χ3v) is 17.5. The summed E-state index contributed by atoms with van der Waals surface area (Å²) in [6, 6.07) is 22.3. The number of esters is 2. The molecule has 3 saturated heterocycles. The van der Waals surface area contributed by atoms with Gasteiger partial charge >= 0.3 is 11.9 Å². The maximum atomic E-state index is 13.8. The van der Waals surface area contributed by atoms with Gasteiger partial charge in [-0.05, 0) is 118 Å². The number of nitrogens with two attached hydrogens (primary N) is 2. The molecule has 12 N–H and O–H groups in total. The van der Waals surface area contributed by atoms with Crippen LogP contribution in [0.25, 0.3) is 0 Å². The largest absolute Gasteiger partial charge is 0.497 e. The smallest absolute Gasteiger partial charge is 0.302 e. The Bertz CT molecular complexity index is 2810. The number of amides is 5. The van der Waals surface area contributed by atoms with E-state index in [-0.39, 0.29) is 101 Å². The van der Waals surface area contributed by atoms with Crippen LogP contribution in [0.1, 0.15) is 153 Å². The summed E-state index contributed by atoms with van der Waals surface area (Å²) in [6.07, 6.45) is 0.310. The van der Waals surface area contributed by atoms with E-state index in [0.29, 0.717) is 127 Å². The van der Waals surface area contributed by atoms with Crippen LogP contribution in [0.15, 0.2) is 78.9 Å². The number of hydrogen-bond donors (Lipinski definition) is 10. The summed E-state index contributed by atoms with van der Waals surface area (Å²) in [6.45, 7) is 3.92. The average Bonchev–Trinajstić information content (AvgIpc) is 0.975. The van der Waals surface area contributed by atoms with Gasteiger partial charge in [-0.1, -0.05) is 67.4 Å². The Kier molecular flexibility index (Phi) is 34.4. The van der Waals surface area contributed by atoms with E-state index in [2.05, 4.69) is 21.3 Å². The first-order valence-electron chi connectivity index (χ1n) is 34.2. The van der Waals surface area contributed by atoms with E-state index < -0.39 is 84.9 Å². The number of aliphatic hydroxyl groups is 4. The van der Waals surface area contributed by atoms with E-state index >= 15 is 0 Å².